The fourth-order valence-corrected chi connectivity index (χ4v) is 8.79. The zero-order chi connectivity index (χ0) is 19.1. The van der Waals surface area contributed by atoms with Crippen molar-refractivity contribution >= 4 is 0 Å². The summed E-state index contributed by atoms with van der Waals surface area (Å²) >= 11 is 0. The number of hydrogen-bond donors (Lipinski definition) is 1. The lowest BCUT2D eigenvalue weighted by molar-refractivity contribution is -0.0961. The molecule has 0 radical (unpaired) electrons. The highest BCUT2D eigenvalue weighted by Crippen LogP contribution is 2.72. The quantitative estimate of drug-likeness (QED) is 0.514. The highest BCUT2D eigenvalue weighted by molar-refractivity contribution is 5.38. The Morgan fingerprint density at radius 3 is 2.19 bits per heavy atom. The van der Waals surface area contributed by atoms with E-state index in [1.54, 1.807) is 0 Å². The Bertz CT molecular complexity index is 628. The molecule has 0 spiro atoms. The van der Waals surface area contributed by atoms with Crippen LogP contribution in [0.5, 0.6) is 0 Å². The van der Waals surface area contributed by atoms with Gasteiger partial charge in [-0.15, -0.1) is 0 Å². The van der Waals surface area contributed by atoms with E-state index in [4.69, 9.17) is 0 Å². The molecule has 26 heavy (non-hydrogen) atoms. The molecule has 1 unspecified atom stereocenters. The first kappa shape index (κ1) is 19.0. The van der Waals surface area contributed by atoms with Crippen LogP contribution in [0.2, 0.25) is 0 Å². The Morgan fingerprint density at radius 2 is 1.54 bits per heavy atom. The van der Waals surface area contributed by atoms with E-state index < -0.39 is 0 Å². The van der Waals surface area contributed by atoms with Crippen molar-refractivity contribution < 1.29 is 5.11 Å². The standard InChI is InChI=1S/C25H42O/c1-16(2)17-10-14-25(7)19-8-9-20-22(3,4)21(26)12-13-23(20,5)18(19)11-15-24(17,25)6/h16-17,20-21,26H,8-15H2,1-7H3/t17-,20-,21+,23-,24-,25?/m1/s1. The first-order valence-corrected chi connectivity index (χ1v) is 11.4. The summed E-state index contributed by atoms with van der Waals surface area (Å²) in [6.07, 6.45) is 10.2. The largest absolute Gasteiger partial charge is 0.393 e. The van der Waals surface area contributed by atoms with Gasteiger partial charge in [0.05, 0.1) is 6.10 Å². The van der Waals surface area contributed by atoms with Crippen molar-refractivity contribution in [2.45, 2.75) is 106 Å². The lowest BCUT2D eigenvalue weighted by Gasteiger charge is -2.62. The molecule has 148 valence electrons. The van der Waals surface area contributed by atoms with Gasteiger partial charge in [0.2, 0.25) is 0 Å². The van der Waals surface area contributed by atoms with Gasteiger partial charge in [-0.1, -0.05) is 59.6 Å². The van der Waals surface area contributed by atoms with E-state index in [1.807, 2.05) is 11.1 Å². The number of fused-ring (bicyclic) bond motifs is 4. The summed E-state index contributed by atoms with van der Waals surface area (Å²) in [5, 5.41) is 10.7. The van der Waals surface area contributed by atoms with Gasteiger partial charge in [0.1, 0.15) is 0 Å². The molecule has 1 heteroatoms. The zero-order valence-electron chi connectivity index (χ0n) is 18.4. The lowest BCUT2D eigenvalue weighted by atomic mass is 9.43. The smallest absolute Gasteiger partial charge is 0.0594 e. The SMILES string of the molecule is CC(C)[C@H]1CCC2(C)C3=C(CC[C@]12C)[C@@]1(C)CC[C@H](O)C(C)(C)[C@H]1CC3. The summed E-state index contributed by atoms with van der Waals surface area (Å²) < 4.78 is 0. The van der Waals surface area contributed by atoms with Crippen LogP contribution in [0.15, 0.2) is 11.1 Å². The fraction of sp³-hybridized carbons (Fsp3) is 0.920. The van der Waals surface area contributed by atoms with E-state index in [1.165, 1.54) is 44.9 Å². The van der Waals surface area contributed by atoms with Gasteiger partial charge >= 0.3 is 0 Å². The van der Waals surface area contributed by atoms with Crippen LogP contribution in [-0.4, -0.2) is 11.2 Å². The number of allylic oxidation sites excluding steroid dienone is 2. The molecule has 4 rings (SSSR count). The maximum Gasteiger partial charge on any atom is 0.0594 e. The fourth-order valence-electron chi connectivity index (χ4n) is 8.79. The summed E-state index contributed by atoms with van der Waals surface area (Å²) in [7, 11) is 0. The van der Waals surface area contributed by atoms with E-state index in [0.717, 1.165) is 18.3 Å². The molecule has 2 saturated carbocycles. The van der Waals surface area contributed by atoms with Gasteiger partial charge in [-0.2, -0.15) is 0 Å². The van der Waals surface area contributed by atoms with Crippen LogP contribution in [0.3, 0.4) is 0 Å². The van der Waals surface area contributed by atoms with Crippen molar-refractivity contribution in [3.8, 4) is 0 Å². The third-order valence-corrected chi connectivity index (χ3v) is 10.6. The first-order chi connectivity index (χ1) is 12.0. The van der Waals surface area contributed by atoms with E-state index >= 15 is 0 Å². The second kappa shape index (κ2) is 5.62. The molecule has 0 aromatic rings. The van der Waals surface area contributed by atoms with Crippen molar-refractivity contribution in [2.75, 3.05) is 0 Å². The van der Waals surface area contributed by atoms with E-state index in [2.05, 4.69) is 48.5 Å². The van der Waals surface area contributed by atoms with Crippen LogP contribution in [0.1, 0.15) is 99.8 Å². The Kier molecular flexibility index (Phi) is 4.11. The van der Waals surface area contributed by atoms with Gasteiger partial charge in [-0.05, 0) is 90.8 Å². The van der Waals surface area contributed by atoms with Crippen LogP contribution >= 0.6 is 0 Å². The Labute approximate surface area is 162 Å². The van der Waals surface area contributed by atoms with Crippen molar-refractivity contribution in [1.82, 2.24) is 0 Å². The minimum atomic E-state index is -0.121. The molecule has 0 aromatic heterocycles. The normalized spacial score (nSPS) is 50.4. The zero-order valence-corrected chi connectivity index (χ0v) is 18.4. The third kappa shape index (κ3) is 2.13. The van der Waals surface area contributed by atoms with Gasteiger partial charge < -0.3 is 5.11 Å². The second-order valence-electron chi connectivity index (χ2n) is 12.0. The molecule has 1 N–H and O–H groups in total. The van der Waals surface area contributed by atoms with Gasteiger partial charge in [0.15, 0.2) is 0 Å². The number of rotatable bonds is 1. The minimum absolute atomic E-state index is 0.0589. The molecular formula is C25H42O. The van der Waals surface area contributed by atoms with Gasteiger partial charge in [-0.25, -0.2) is 0 Å². The molecule has 4 aliphatic carbocycles. The lowest BCUT2D eigenvalue weighted by Crippen LogP contribution is -2.55. The van der Waals surface area contributed by atoms with Crippen LogP contribution in [0.4, 0.5) is 0 Å². The average Bonchev–Trinajstić information content (AvgIpc) is 2.84. The monoisotopic (exact) mass is 358 g/mol. The van der Waals surface area contributed by atoms with Crippen molar-refractivity contribution in [3.63, 3.8) is 0 Å². The number of aliphatic hydroxyl groups is 1. The average molecular weight is 359 g/mol. The molecular weight excluding hydrogens is 316 g/mol. The second-order valence-corrected chi connectivity index (χ2v) is 12.0. The molecule has 4 aliphatic rings. The molecule has 0 saturated heterocycles. The van der Waals surface area contributed by atoms with Crippen molar-refractivity contribution in [2.24, 2.45) is 39.4 Å². The van der Waals surface area contributed by atoms with Crippen LogP contribution in [0, 0.1) is 39.4 Å². The molecule has 1 nitrogen and oxygen atoms in total. The Morgan fingerprint density at radius 1 is 0.846 bits per heavy atom. The predicted molar refractivity (Wildman–Crippen MR) is 110 cm³/mol. The summed E-state index contributed by atoms with van der Waals surface area (Å²) in [5.41, 5.74) is 5.02. The van der Waals surface area contributed by atoms with Crippen LogP contribution in [0.25, 0.3) is 0 Å². The molecule has 0 amide bonds. The Balaban J connectivity index is 1.80. The predicted octanol–water partition coefficient (Wildman–Crippen LogP) is 6.75. The molecule has 0 aromatic carbocycles. The summed E-state index contributed by atoms with van der Waals surface area (Å²) in [6.45, 7) is 17.4. The Hall–Kier alpha value is -0.300. The number of aliphatic hydroxyl groups excluding tert-OH is 1. The van der Waals surface area contributed by atoms with E-state index in [9.17, 15) is 5.11 Å². The molecule has 0 bridgehead atoms. The van der Waals surface area contributed by atoms with Gasteiger partial charge in [0.25, 0.3) is 0 Å². The van der Waals surface area contributed by atoms with Gasteiger partial charge in [0, 0.05) is 0 Å². The molecule has 2 fully saturated rings. The van der Waals surface area contributed by atoms with E-state index in [0.29, 0.717) is 22.2 Å². The molecule has 6 atom stereocenters. The molecule has 0 aliphatic heterocycles. The topological polar surface area (TPSA) is 20.2 Å². The number of hydrogen-bond acceptors (Lipinski definition) is 1. The summed E-state index contributed by atoms with van der Waals surface area (Å²) in [6, 6.07) is 0. The highest BCUT2D eigenvalue weighted by Gasteiger charge is 2.62. The highest BCUT2D eigenvalue weighted by atomic mass is 16.3. The van der Waals surface area contributed by atoms with Crippen LogP contribution < -0.4 is 0 Å². The van der Waals surface area contributed by atoms with Crippen molar-refractivity contribution in [1.29, 1.82) is 0 Å². The van der Waals surface area contributed by atoms with E-state index in [-0.39, 0.29) is 11.5 Å². The molecule has 0 heterocycles. The summed E-state index contributed by atoms with van der Waals surface area (Å²) in [5.74, 6) is 2.34. The minimum Gasteiger partial charge on any atom is -0.393 e. The maximum atomic E-state index is 10.7. The van der Waals surface area contributed by atoms with Crippen molar-refractivity contribution in [3.05, 3.63) is 11.1 Å². The summed E-state index contributed by atoms with van der Waals surface area (Å²) in [4.78, 5) is 0. The third-order valence-electron chi connectivity index (χ3n) is 10.6. The maximum absolute atomic E-state index is 10.7. The first-order valence-electron chi connectivity index (χ1n) is 11.4. The van der Waals surface area contributed by atoms with Crippen LogP contribution in [-0.2, 0) is 0 Å². The van der Waals surface area contributed by atoms with Gasteiger partial charge in [-0.3, -0.25) is 0 Å².